The summed E-state index contributed by atoms with van der Waals surface area (Å²) in [6.07, 6.45) is 5.06. The van der Waals surface area contributed by atoms with Gasteiger partial charge in [-0.2, -0.15) is 0 Å². The van der Waals surface area contributed by atoms with E-state index in [1.165, 1.54) is 0 Å². The largest absolute Gasteiger partial charge is 0.382 e. The Balaban J connectivity index is 1.67. The fourth-order valence-electron chi connectivity index (χ4n) is 3.78. The van der Waals surface area contributed by atoms with Gasteiger partial charge in [-0.3, -0.25) is 0 Å². The molecule has 1 aromatic carbocycles. The van der Waals surface area contributed by atoms with Gasteiger partial charge in [-0.15, -0.1) is 0 Å². The number of rotatable bonds is 2. The summed E-state index contributed by atoms with van der Waals surface area (Å²) in [4.78, 5) is 13.1. The van der Waals surface area contributed by atoms with E-state index in [4.69, 9.17) is 28.9 Å². The molecule has 2 atom stereocenters. The minimum atomic E-state index is -0.995. The molecule has 1 saturated carbocycles. The number of halogens is 2. The molecule has 4 rings (SSSR count). The second kappa shape index (κ2) is 7.83. The van der Waals surface area contributed by atoms with Crippen molar-refractivity contribution >= 4 is 40.2 Å². The van der Waals surface area contributed by atoms with E-state index in [9.17, 15) is 5.11 Å². The van der Waals surface area contributed by atoms with Crippen LogP contribution < -0.4 is 5.73 Å². The van der Waals surface area contributed by atoms with E-state index in [2.05, 4.69) is 33.7 Å². The zero-order chi connectivity index (χ0) is 20.6. The predicted molar refractivity (Wildman–Crippen MR) is 115 cm³/mol. The van der Waals surface area contributed by atoms with Crippen molar-refractivity contribution in [2.75, 3.05) is 5.73 Å². The zero-order valence-corrected chi connectivity index (χ0v) is 17.5. The lowest BCUT2D eigenvalue weighted by molar-refractivity contribution is 0.0410. The zero-order valence-electron chi connectivity index (χ0n) is 16.0. The Labute approximate surface area is 179 Å². The molecule has 0 spiro atoms. The third-order valence-electron chi connectivity index (χ3n) is 5.21. The van der Waals surface area contributed by atoms with Crippen molar-refractivity contribution in [1.29, 1.82) is 0 Å². The molecule has 1 fully saturated rings. The van der Waals surface area contributed by atoms with Gasteiger partial charge >= 0.3 is 0 Å². The highest BCUT2D eigenvalue weighted by atomic mass is 35.5. The van der Waals surface area contributed by atoms with Crippen LogP contribution in [0.4, 0.5) is 5.82 Å². The molecule has 2 heterocycles. The van der Waals surface area contributed by atoms with Gasteiger partial charge in [-0.1, -0.05) is 48.5 Å². The Morgan fingerprint density at radius 3 is 2.90 bits per heavy atom. The predicted octanol–water partition coefficient (Wildman–Crippen LogP) is 4.06. The van der Waals surface area contributed by atoms with E-state index in [1.54, 1.807) is 18.5 Å². The molecule has 6 nitrogen and oxygen atoms in total. The van der Waals surface area contributed by atoms with Gasteiger partial charge in [0.05, 0.1) is 22.9 Å². The van der Waals surface area contributed by atoms with Crippen molar-refractivity contribution in [2.45, 2.75) is 44.8 Å². The van der Waals surface area contributed by atoms with Crippen LogP contribution in [0.3, 0.4) is 0 Å². The fourth-order valence-corrected chi connectivity index (χ4v) is 4.10. The maximum absolute atomic E-state index is 10.7. The van der Waals surface area contributed by atoms with Crippen LogP contribution in [-0.4, -0.2) is 30.2 Å². The van der Waals surface area contributed by atoms with Crippen molar-refractivity contribution in [3.8, 4) is 11.8 Å². The summed E-state index contributed by atoms with van der Waals surface area (Å²) in [5.41, 5.74) is 7.13. The van der Waals surface area contributed by atoms with Gasteiger partial charge in [0, 0.05) is 0 Å². The summed E-state index contributed by atoms with van der Waals surface area (Å²) >= 11 is 12.1. The van der Waals surface area contributed by atoms with Gasteiger partial charge in [0.25, 0.3) is 0 Å². The number of imidazole rings is 1. The van der Waals surface area contributed by atoms with Gasteiger partial charge in [0.1, 0.15) is 11.1 Å². The van der Waals surface area contributed by atoms with Gasteiger partial charge in [0.2, 0.25) is 5.82 Å². The van der Waals surface area contributed by atoms with E-state index >= 15 is 0 Å². The molecule has 29 heavy (non-hydrogen) atoms. The average Bonchev–Trinajstić information content (AvgIpc) is 3.06. The Bertz CT molecular complexity index is 1130. The molecule has 2 unspecified atom stereocenters. The quantitative estimate of drug-likeness (QED) is 0.599. The lowest BCUT2D eigenvalue weighted by Crippen LogP contribution is -2.32. The van der Waals surface area contributed by atoms with Crippen LogP contribution >= 0.6 is 23.2 Å². The summed E-state index contributed by atoms with van der Waals surface area (Å²) < 4.78 is 1.86. The molecule has 8 heteroatoms. The number of hydrogen-bond acceptors (Lipinski definition) is 5. The Hall–Kier alpha value is -2.33. The lowest BCUT2D eigenvalue weighted by Gasteiger charge is -2.30. The van der Waals surface area contributed by atoms with E-state index in [0.29, 0.717) is 46.5 Å². The number of aromatic nitrogens is 4. The summed E-state index contributed by atoms with van der Waals surface area (Å²) in [5.74, 6) is 6.88. The molecule has 0 saturated heterocycles. The van der Waals surface area contributed by atoms with Crippen molar-refractivity contribution < 1.29 is 5.11 Å². The number of fused-ring (bicyclic) bond motifs is 1. The lowest BCUT2D eigenvalue weighted by atomic mass is 9.79. The number of benzene rings is 1. The van der Waals surface area contributed by atoms with E-state index in [-0.39, 0.29) is 11.6 Å². The van der Waals surface area contributed by atoms with Crippen molar-refractivity contribution in [3.63, 3.8) is 0 Å². The molecular formula is C21H21Cl2N5O. The normalized spacial score (nSPS) is 21.7. The Morgan fingerprint density at radius 1 is 1.31 bits per heavy atom. The van der Waals surface area contributed by atoms with Crippen molar-refractivity contribution in [2.24, 2.45) is 5.92 Å². The van der Waals surface area contributed by atoms with Crippen LogP contribution in [0.5, 0.6) is 0 Å². The number of nitrogens with zero attached hydrogens (tertiary/aromatic N) is 4. The van der Waals surface area contributed by atoms with E-state index < -0.39 is 5.60 Å². The van der Waals surface area contributed by atoms with Crippen LogP contribution in [0.25, 0.3) is 11.2 Å². The third-order valence-corrected chi connectivity index (χ3v) is 5.95. The third kappa shape index (κ3) is 4.32. The summed E-state index contributed by atoms with van der Waals surface area (Å²) in [6, 6.07) is 5.45. The van der Waals surface area contributed by atoms with Crippen molar-refractivity contribution in [1.82, 2.24) is 19.5 Å². The average molecular weight is 430 g/mol. The molecule has 0 aliphatic heterocycles. The molecule has 1 aliphatic carbocycles. The first-order chi connectivity index (χ1) is 13.8. The summed E-state index contributed by atoms with van der Waals surface area (Å²) in [6.45, 7) is 2.63. The molecule has 0 radical (unpaired) electrons. The van der Waals surface area contributed by atoms with Gasteiger partial charge in [-0.05, 0) is 48.8 Å². The van der Waals surface area contributed by atoms with Gasteiger partial charge in [0.15, 0.2) is 11.5 Å². The Kier molecular flexibility index (Phi) is 5.39. The maximum atomic E-state index is 10.7. The van der Waals surface area contributed by atoms with Crippen LogP contribution in [0, 0.1) is 17.8 Å². The first-order valence-corrected chi connectivity index (χ1v) is 10.3. The SMILES string of the molecule is CC1CCCC(O)(C#Cc2nc(N)c3ncn(Cc4ccc(Cl)c(Cl)c4)c3n2)C1. The first kappa shape index (κ1) is 20.0. The highest BCUT2D eigenvalue weighted by Crippen LogP contribution is 2.31. The van der Waals surface area contributed by atoms with Crippen LogP contribution in [-0.2, 0) is 6.54 Å². The van der Waals surface area contributed by atoms with Gasteiger partial charge in [-0.25, -0.2) is 15.0 Å². The molecule has 150 valence electrons. The maximum Gasteiger partial charge on any atom is 0.209 e. The molecule has 2 aromatic heterocycles. The standard InChI is InChI=1S/C21H21Cl2N5O/c1-13-3-2-7-21(29,10-13)8-6-17-26-19(24)18-20(27-17)28(12-25-18)11-14-4-5-15(22)16(23)9-14/h4-5,9,12-13,29H,2-3,7,10-11H2,1H3,(H2,24,26,27). The number of aliphatic hydroxyl groups is 1. The number of anilines is 1. The molecule has 3 aromatic rings. The van der Waals surface area contributed by atoms with Crippen LogP contribution in [0.1, 0.15) is 44.0 Å². The summed E-state index contributed by atoms with van der Waals surface area (Å²) in [7, 11) is 0. The topological polar surface area (TPSA) is 89.9 Å². The first-order valence-electron chi connectivity index (χ1n) is 9.51. The van der Waals surface area contributed by atoms with Crippen molar-refractivity contribution in [3.05, 3.63) is 46.0 Å². The molecule has 1 aliphatic rings. The minimum absolute atomic E-state index is 0.260. The Morgan fingerprint density at radius 2 is 2.14 bits per heavy atom. The minimum Gasteiger partial charge on any atom is -0.382 e. The molecular weight excluding hydrogens is 409 g/mol. The van der Waals surface area contributed by atoms with E-state index in [0.717, 1.165) is 18.4 Å². The summed E-state index contributed by atoms with van der Waals surface area (Å²) in [5, 5.41) is 11.7. The number of nitrogens with two attached hydrogens (primary N) is 1. The second-order valence-electron chi connectivity index (χ2n) is 7.71. The fraction of sp³-hybridized carbons (Fsp3) is 0.381. The molecule has 0 bridgehead atoms. The van der Waals surface area contributed by atoms with Gasteiger partial charge < -0.3 is 15.4 Å². The van der Waals surface area contributed by atoms with Crippen LogP contribution in [0.15, 0.2) is 24.5 Å². The smallest absolute Gasteiger partial charge is 0.209 e. The van der Waals surface area contributed by atoms with E-state index in [1.807, 2.05) is 10.6 Å². The number of nitrogen functional groups attached to an aromatic ring is 1. The highest BCUT2D eigenvalue weighted by molar-refractivity contribution is 6.42. The molecule has 0 amide bonds. The van der Waals surface area contributed by atoms with Crippen LogP contribution in [0.2, 0.25) is 10.0 Å². The number of hydrogen-bond donors (Lipinski definition) is 2. The second-order valence-corrected chi connectivity index (χ2v) is 8.52. The molecule has 3 N–H and O–H groups in total. The monoisotopic (exact) mass is 429 g/mol. The highest BCUT2D eigenvalue weighted by Gasteiger charge is 2.30.